The summed E-state index contributed by atoms with van der Waals surface area (Å²) in [6.45, 7) is 5.94. The van der Waals surface area contributed by atoms with E-state index in [9.17, 15) is 5.11 Å². The van der Waals surface area contributed by atoms with Crippen molar-refractivity contribution in [2.75, 3.05) is 6.61 Å². The molecule has 0 saturated heterocycles. The van der Waals surface area contributed by atoms with Crippen LogP contribution in [-0.2, 0) is 18.6 Å². The first-order chi connectivity index (χ1) is 9.19. The Morgan fingerprint density at radius 3 is 2.53 bits per heavy atom. The number of nitrogens with zero attached hydrogens (tertiary/aromatic N) is 1. The van der Waals surface area contributed by atoms with Gasteiger partial charge in [0.05, 0.1) is 12.1 Å². The molecule has 0 aliphatic carbocycles. The first-order valence-electron chi connectivity index (χ1n) is 6.75. The highest BCUT2D eigenvalue weighted by molar-refractivity contribution is 5.24. The van der Waals surface area contributed by atoms with Crippen LogP contribution >= 0.6 is 0 Å². The average Bonchev–Trinajstić information content (AvgIpc) is 2.93. The van der Waals surface area contributed by atoms with Crippen molar-refractivity contribution in [2.24, 2.45) is 0 Å². The van der Waals surface area contributed by atoms with Crippen LogP contribution in [0, 0.1) is 0 Å². The summed E-state index contributed by atoms with van der Waals surface area (Å²) in [4.78, 5) is 0. The molecule has 0 aliphatic rings. The summed E-state index contributed by atoms with van der Waals surface area (Å²) < 4.78 is 2.20. The Morgan fingerprint density at radius 2 is 1.89 bits per heavy atom. The van der Waals surface area contributed by atoms with Gasteiger partial charge in [0.2, 0.25) is 0 Å². The number of benzene rings is 1. The minimum atomic E-state index is -0.413. The molecule has 0 aliphatic heterocycles. The van der Waals surface area contributed by atoms with Crippen molar-refractivity contribution in [3.8, 4) is 0 Å². The molecule has 3 heteroatoms. The van der Waals surface area contributed by atoms with Gasteiger partial charge >= 0.3 is 0 Å². The Bertz CT molecular complexity index is 506. The average molecular weight is 258 g/mol. The van der Waals surface area contributed by atoms with Gasteiger partial charge in [-0.05, 0) is 31.5 Å². The number of aliphatic hydroxyl groups is 1. The van der Waals surface area contributed by atoms with Crippen LogP contribution in [0.2, 0.25) is 0 Å². The molecule has 3 nitrogen and oxygen atoms in total. The summed E-state index contributed by atoms with van der Waals surface area (Å²) >= 11 is 0. The van der Waals surface area contributed by atoms with Crippen LogP contribution in [0.15, 0.2) is 48.7 Å². The Morgan fingerprint density at radius 1 is 1.16 bits per heavy atom. The highest BCUT2D eigenvalue weighted by atomic mass is 16.3. The lowest BCUT2D eigenvalue weighted by Gasteiger charge is -2.29. The number of aromatic nitrogens is 1. The molecule has 0 spiro atoms. The van der Waals surface area contributed by atoms with Gasteiger partial charge in [0.15, 0.2) is 0 Å². The zero-order valence-electron chi connectivity index (χ0n) is 11.6. The molecule has 1 unspecified atom stereocenters. The van der Waals surface area contributed by atoms with Crippen LogP contribution in [0.4, 0.5) is 0 Å². The molecule has 2 rings (SSSR count). The normalized spacial score (nSPS) is 14.3. The number of hydrogen-bond acceptors (Lipinski definition) is 2. The molecular weight excluding hydrogens is 236 g/mol. The number of aryl methyl sites for hydroxylation is 1. The fourth-order valence-corrected chi connectivity index (χ4v) is 2.26. The lowest BCUT2D eigenvalue weighted by molar-refractivity contribution is 0.172. The third-order valence-corrected chi connectivity index (χ3v) is 3.65. The maximum Gasteiger partial charge on any atom is 0.0652 e. The standard InChI is InChI=1S/C16H22N2O/c1-3-18-11-7-10-15(18)12-17-16(2,13-19)14-8-5-4-6-9-14/h4-11,17,19H,3,12-13H2,1-2H3. The second-order valence-corrected chi connectivity index (χ2v) is 5.00. The third-order valence-electron chi connectivity index (χ3n) is 3.65. The van der Waals surface area contributed by atoms with Crippen molar-refractivity contribution in [3.63, 3.8) is 0 Å². The van der Waals surface area contributed by atoms with E-state index >= 15 is 0 Å². The van der Waals surface area contributed by atoms with E-state index in [0.29, 0.717) is 0 Å². The highest BCUT2D eigenvalue weighted by Gasteiger charge is 2.24. The maximum absolute atomic E-state index is 9.72. The van der Waals surface area contributed by atoms with E-state index in [-0.39, 0.29) is 6.61 Å². The van der Waals surface area contributed by atoms with E-state index in [1.807, 2.05) is 37.3 Å². The van der Waals surface area contributed by atoms with Gasteiger partial charge in [-0.2, -0.15) is 0 Å². The highest BCUT2D eigenvalue weighted by Crippen LogP contribution is 2.20. The van der Waals surface area contributed by atoms with E-state index in [1.165, 1.54) is 5.69 Å². The van der Waals surface area contributed by atoms with E-state index in [2.05, 4.69) is 35.1 Å². The van der Waals surface area contributed by atoms with Gasteiger partial charge in [-0.25, -0.2) is 0 Å². The lowest BCUT2D eigenvalue weighted by Crippen LogP contribution is -2.42. The van der Waals surface area contributed by atoms with Crippen LogP contribution in [0.3, 0.4) is 0 Å². The van der Waals surface area contributed by atoms with E-state index in [1.54, 1.807) is 0 Å². The largest absolute Gasteiger partial charge is 0.394 e. The number of hydrogen-bond donors (Lipinski definition) is 2. The molecule has 2 aromatic rings. The number of nitrogens with one attached hydrogen (secondary N) is 1. The van der Waals surface area contributed by atoms with Gasteiger partial charge in [-0.1, -0.05) is 30.3 Å². The second kappa shape index (κ2) is 6.04. The van der Waals surface area contributed by atoms with Gasteiger partial charge in [0.25, 0.3) is 0 Å². The quantitative estimate of drug-likeness (QED) is 0.835. The molecule has 0 radical (unpaired) electrons. The molecule has 1 atom stereocenters. The topological polar surface area (TPSA) is 37.2 Å². The van der Waals surface area contributed by atoms with Crippen LogP contribution in [0.1, 0.15) is 25.1 Å². The molecular formula is C16H22N2O. The lowest BCUT2D eigenvalue weighted by atomic mass is 9.93. The molecule has 0 bridgehead atoms. The van der Waals surface area contributed by atoms with Crippen LogP contribution in [-0.4, -0.2) is 16.3 Å². The van der Waals surface area contributed by atoms with Crippen molar-refractivity contribution in [1.82, 2.24) is 9.88 Å². The first-order valence-corrected chi connectivity index (χ1v) is 6.75. The summed E-state index contributed by atoms with van der Waals surface area (Å²) in [5, 5.41) is 13.2. The van der Waals surface area contributed by atoms with Crippen molar-refractivity contribution in [2.45, 2.75) is 32.5 Å². The van der Waals surface area contributed by atoms with Gasteiger partial charge in [-0.3, -0.25) is 0 Å². The third kappa shape index (κ3) is 3.06. The van der Waals surface area contributed by atoms with Gasteiger partial charge in [-0.15, -0.1) is 0 Å². The van der Waals surface area contributed by atoms with Gasteiger partial charge in [0, 0.05) is 25.0 Å². The summed E-state index contributed by atoms with van der Waals surface area (Å²) in [5.41, 5.74) is 1.93. The Balaban J connectivity index is 2.11. The van der Waals surface area contributed by atoms with Crippen LogP contribution < -0.4 is 5.32 Å². The van der Waals surface area contributed by atoms with E-state index in [4.69, 9.17) is 0 Å². The Kier molecular flexibility index (Phi) is 4.40. The maximum atomic E-state index is 9.72. The van der Waals surface area contributed by atoms with Crippen molar-refractivity contribution in [1.29, 1.82) is 0 Å². The SMILES string of the molecule is CCn1cccc1CNC(C)(CO)c1ccccc1. The summed E-state index contributed by atoms with van der Waals surface area (Å²) in [6, 6.07) is 14.2. The van der Waals surface area contributed by atoms with Gasteiger partial charge in [0.1, 0.15) is 0 Å². The summed E-state index contributed by atoms with van der Waals surface area (Å²) in [7, 11) is 0. The minimum Gasteiger partial charge on any atom is -0.394 e. The molecule has 1 aromatic heterocycles. The van der Waals surface area contributed by atoms with E-state index in [0.717, 1.165) is 18.7 Å². The Labute approximate surface area is 114 Å². The van der Waals surface area contributed by atoms with Crippen LogP contribution in [0.25, 0.3) is 0 Å². The molecule has 102 valence electrons. The zero-order valence-corrected chi connectivity index (χ0v) is 11.6. The fourth-order valence-electron chi connectivity index (χ4n) is 2.26. The summed E-state index contributed by atoms with van der Waals surface area (Å²) in [5.74, 6) is 0. The molecule has 1 aromatic carbocycles. The van der Waals surface area contributed by atoms with E-state index < -0.39 is 5.54 Å². The fraction of sp³-hybridized carbons (Fsp3) is 0.375. The number of rotatable bonds is 6. The molecule has 2 N–H and O–H groups in total. The summed E-state index contributed by atoms with van der Waals surface area (Å²) in [6.07, 6.45) is 2.08. The molecule has 0 amide bonds. The van der Waals surface area contributed by atoms with Crippen LogP contribution in [0.5, 0.6) is 0 Å². The minimum absolute atomic E-state index is 0.0733. The monoisotopic (exact) mass is 258 g/mol. The predicted octanol–water partition coefficient (Wildman–Crippen LogP) is 2.51. The van der Waals surface area contributed by atoms with Gasteiger partial charge < -0.3 is 15.0 Å². The van der Waals surface area contributed by atoms with Crippen molar-refractivity contribution >= 4 is 0 Å². The second-order valence-electron chi connectivity index (χ2n) is 5.00. The molecule has 1 heterocycles. The molecule has 0 saturated carbocycles. The predicted molar refractivity (Wildman–Crippen MR) is 77.8 cm³/mol. The zero-order chi connectivity index (χ0) is 13.7. The first kappa shape index (κ1) is 13.8. The number of aliphatic hydroxyl groups excluding tert-OH is 1. The van der Waals surface area contributed by atoms with Crippen molar-refractivity contribution < 1.29 is 5.11 Å². The molecule has 19 heavy (non-hydrogen) atoms. The Hall–Kier alpha value is -1.58. The smallest absolute Gasteiger partial charge is 0.0652 e. The van der Waals surface area contributed by atoms with Crippen molar-refractivity contribution in [3.05, 3.63) is 59.9 Å². The molecule has 0 fully saturated rings.